The predicted molar refractivity (Wildman–Crippen MR) is 103 cm³/mol. The SMILES string of the molecule is COc1ccc2c3c(cccc13)C(=O)N(c1ccc3ccccc3n1)C2=O. The van der Waals surface area contributed by atoms with Gasteiger partial charge < -0.3 is 4.74 Å². The van der Waals surface area contributed by atoms with Crippen molar-refractivity contribution in [3.05, 3.63) is 77.9 Å². The number of anilines is 1. The van der Waals surface area contributed by atoms with Gasteiger partial charge in [0.2, 0.25) is 0 Å². The van der Waals surface area contributed by atoms with Crippen LogP contribution in [0.5, 0.6) is 5.75 Å². The number of hydrogen-bond donors (Lipinski definition) is 0. The highest BCUT2D eigenvalue weighted by Gasteiger charge is 2.35. The van der Waals surface area contributed by atoms with Crippen molar-refractivity contribution in [1.82, 2.24) is 4.98 Å². The molecule has 0 N–H and O–H groups in total. The van der Waals surface area contributed by atoms with Gasteiger partial charge in [-0.05, 0) is 36.4 Å². The summed E-state index contributed by atoms with van der Waals surface area (Å²) < 4.78 is 5.39. The normalized spacial score (nSPS) is 13.4. The Morgan fingerprint density at radius 3 is 2.41 bits per heavy atom. The summed E-state index contributed by atoms with van der Waals surface area (Å²) in [5.41, 5.74) is 1.67. The van der Waals surface area contributed by atoms with Crippen molar-refractivity contribution in [1.29, 1.82) is 0 Å². The first-order valence-corrected chi connectivity index (χ1v) is 8.53. The number of fused-ring (bicyclic) bond motifs is 1. The largest absolute Gasteiger partial charge is 0.496 e. The molecule has 1 aliphatic rings. The molecule has 0 fully saturated rings. The molecule has 27 heavy (non-hydrogen) atoms. The van der Waals surface area contributed by atoms with Gasteiger partial charge >= 0.3 is 0 Å². The highest BCUT2D eigenvalue weighted by Crippen LogP contribution is 2.36. The molecule has 0 radical (unpaired) electrons. The molecule has 0 bridgehead atoms. The number of para-hydroxylation sites is 1. The van der Waals surface area contributed by atoms with E-state index in [1.54, 1.807) is 37.4 Å². The van der Waals surface area contributed by atoms with Crippen molar-refractivity contribution in [3.8, 4) is 5.75 Å². The van der Waals surface area contributed by atoms with Gasteiger partial charge in [-0.2, -0.15) is 0 Å². The van der Waals surface area contributed by atoms with Gasteiger partial charge in [-0.3, -0.25) is 9.59 Å². The lowest BCUT2D eigenvalue weighted by molar-refractivity contribution is 0.0892. The Labute approximate surface area is 154 Å². The fourth-order valence-corrected chi connectivity index (χ4v) is 3.64. The lowest BCUT2D eigenvalue weighted by atomic mass is 9.93. The topological polar surface area (TPSA) is 59.5 Å². The number of nitrogens with zero attached hydrogens (tertiary/aromatic N) is 2. The third-order valence-electron chi connectivity index (χ3n) is 4.90. The number of rotatable bonds is 2. The van der Waals surface area contributed by atoms with Crippen LogP contribution in [0.4, 0.5) is 5.82 Å². The molecule has 2 heterocycles. The fraction of sp³-hybridized carbons (Fsp3) is 0.0455. The monoisotopic (exact) mass is 354 g/mol. The van der Waals surface area contributed by atoms with Crippen molar-refractivity contribution in [3.63, 3.8) is 0 Å². The van der Waals surface area contributed by atoms with E-state index in [4.69, 9.17) is 4.74 Å². The highest BCUT2D eigenvalue weighted by atomic mass is 16.5. The number of amides is 2. The maximum Gasteiger partial charge on any atom is 0.267 e. The lowest BCUT2D eigenvalue weighted by Crippen LogP contribution is -2.41. The summed E-state index contributed by atoms with van der Waals surface area (Å²) in [6.07, 6.45) is 0. The smallest absolute Gasteiger partial charge is 0.267 e. The van der Waals surface area contributed by atoms with Gasteiger partial charge in [-0.1, -0.05) is 30.3 Å². The Bertz CT molecular complexity index is 1240. The van der Waals surface area contributed by atoms with Crippen LogP contribution in [-0.2, 0) is 0 Å². The molecule has 1 aromatic heterocycles. The fourth-order valence-electron chi connectivity index (χ4n) is 3.64. The van der Waals surface area contributed by atoms with Gasteiger partial charge in [0.15, 0.2) is 0 Å². The van der Waals surface area contributed by atoms with Gasteiger partial charge in [0.25, 0.3) is 11.8 Å². The summed E-state index contributed by atoms with van der Waals surface area (Å²) >= 11 is 0. The average Bonchev–Trinajstić information content (AvgIpc) is 2.71. The summed E-state index contributed by atoms with van der Waals surface area (Å²) in [5, 5.41) is 2.33. The van der Waals surface area contributed by atoms with Crippen molar-refractivity contribution >= 4 is 39.3 Å². The molecule has 0 spiro atoms. The number of ether oxygens (including phenoxy) is 1. The standard InChI is InChI=1S/C22H14N2O3/c1-27-18-11-10-16-20-14(18)6-4-7-15(20)21(25)24(22(16)26)19-12-9-13-5-2-3-8-17(13)23-19/h2-12H,1H3. The van der Waals surface area contributed by atoms with Gasteiger partial charge in [-0.15, -0.1) is 0 Å². The Morgan fingerprint density at radius 2 is 1.59 bits per heavy atom. The van der Waals surface area contributed by atoms with Crippen molar-refractivity contribution in [2.24, 2.45) is 0 Å². The first-order chi connectivity index (χ1) is 13.2. The average molecular weight is 354 g/mol. The molecule has 0 atom stereocenters. The van der Waals surface area contributed by atoms with E-state index in [-0.39, 0.29) is 11.8 Å². The minimum absolute atomic E-state index is 0.321. The Hall–Kier alpha value is -3.73. The van der Waals surface area contributed by atoms with E-state index < -0.39 is 0 Å². The van der Waals surface area contributed by atoms with Crippen molar-refractivity contribution < 1.29 is 14.3 Å². The second kappa shape index (κ2) is 5.64. The molecule has 0 unspecified atom stereocenters. The van der Waals surface area contributed by atoms with E-state index in [2.05, 4.69) is 4.98 Å². The second-order valence-corrected chi connectivity index (χ2v) is 6.35. The quantitative estimate of drug-likeness (QED) is 0.506. The summed E-state index contributed by atoms with van der Waals surface area (Å²) in [7, 11) is 1.57. The summed E-state index contributed by atoms with van der Waals surface area (Å²) in [5.74, 6) is 0.193. The van der Waals surface area contributed by atoms with Crippen LogP contribution in [-0.4, -0.2) is 23.9 Å². The molecule has 4 aromatic rings. The van der Waals surface area contributed by atoms with E-state index in [0.717, 1.165) is 21.2 Å². The Balaban J connectivity index is 1.74. The van der Waals surface area contributed by atoms with Crippen LogP contribution in [0.15, 0.2) is 66.7 Å². The first kappa shape index (κ1) is 15.5. The minimum atomic E-state index is -0.380. The number of carbonyl (C=O) groups excluding carboxylic acids is 2. The van der Waals surface area contributed by atoms with Crippen LogP contribution < -0.4 is 9.64 Å². The second-order valence-electron chi connectivity index (χ2n) is 6.35. The summed E-state index contributed by atoms with van der Waals surface area (Å²) in [4.78, 5) is 32.0. The lowest BCUT2D eigenvalue weighted by Gasteiger charge is -2.27. The third-order valence-corrected chi connectivity index (χ3v) is 4.90. The minimum Gasteiger partial charge on any atom is -0.496 e. The number of benzene rings is 3. The highest BCUT2D eigenvalue weighted by molar-refractivity contribution is 6.36. The Kier molecular flexibility index (Phi) is 3.24. The molecule has 130 valence electrons. The Morgan fingerprint density at radius 1 is 0.815 bits per heavy atom. The van der Waals surface area contributed by atoms with Crippen molar-refractivity contribution in [2.75, 3.05) is 12.0 Å². The number of aromatic nitrogens is 1. The number of hydrogen-bond acceptors (Lipinski definition) is 4. The zero-order valence-corrected chi connectivity index (χ0v) is 14.5. The number of imide groups is 1. The molecule has 5 nitrogen and oxygen atoms in total. The zero-order chi connectivity index (χ0) is 18.5. The molecule has 0 saturated heterocycles. The van der Waals surface area contributed by atoms with Crippen LogP contribution in [0.1, 0.15) is 20.7 Å². The van der Waals surface area contributed by atoms with Crippen LogP contribution in [0.25, 0.3) is 21.7 Å². The van der Waals surface area contributed by atoms with Gasteiger partial charge in [0, 0.05) is 27.3 Å². The third kappa shape index (κ3) is 2.15. The van der Waals surface area contributed by atoms with E-state index >= 15 is 0 Å². The van der Waals surface area contributed by atoms with Crippen molar-refractivity contribution in [2.45, 2.75) is 0 Å². The van der Waals surface area contributed by atoms with E-state index in [0.29, 0.717) is 28.1 Å². The molecule has 2 amide bonds. The van der Waals surface area contributed by atoms with Gasteiger partial charge in [-0.25, -0.2) is 9.88 Å². The molecule has 1 aliphatic heterocycles. The molecule has 5 heteroatoms. The summed E-state index contributed by atoms with van der Waals surface area (Å²) in [6, 6.07) is 20.0. The predicted octanol–water partition coefficient (Wildman–Crippen LogP) is 4.20. The summed E-state index contributed by atoms with van der Waals surface area (Å²) in [6.45, 7) is 0. The molecule has 5 rings (SSSR count). The van der Waals surface area contributed by atoms with E-state index in [1.165, 1.54) is 0 Å². The number of carbonyl (C=O) groups is 2. The zero-order valence-electron chi connectivity index (χ0n) is 14.5. The van der Waals surface area contributed by atoms with Crippen LogP contribution in [0.2, 0.25) is 0 Å². The number of pyridine rings is 1. The maximum atomic E-state index is 13.2. The molecular formula is C22H14N2O3. The molecule has 0 saturated carbocycles. The van der Waals surface area contributed by atoms with Gasteiger partial charge in [0.05, 0.1) is 12.6 Å². The van der Waals surface area contributed by atoms with Gasteiger partial charge in [0.1, 0.15) is 11.6 Å². The van der Waals surface area contributed by atoms with Crippen LogP contribution in [0.3, 0.4) is 0 Å². The number of methoxy groups -OCH3 is 1. The maximum absolute atomic E-state index is 13.2. The molecular weight excluding hydrogens is 340 g/mol. The molecule has 3 aromatic carbocycles. The molecule has 0 aliphatic carbocycles. The van der Waals surface area contributed by atoms with Crippen LogP contribution in [0, 0.1) is 0 Å². The van der Waals surface area contributed by atoms with E-state index in [1.807, 2.05) is 36.4 Å². The first-order valence-electron chi connectivity index (χ1n) is 8.53. The van der Waals surface area contributed by atoms with E-state index in [9.17, 15) is 9.59 Å². The van der Waals surface area contributed by atoms with Crippen LogP contribution >= 0.6 is 0 Å².